The lowest BCUT2D eigenvalue weighted by atomic mass is 10.1. The topological polar surface area (TPSA) is 94.9 Å². The minimum Gasteiger partial charge on any atom is -0.454 e. The van der Waals surface area contributed by atoms with Gasteiger partial charge in [-0.2, -0.15) is 4.31 Å². The van der Waals surface area contributed by atoms with Crippen LogP contribution in [0.4, 0.5) is 0 Å². The zero-order chi connectivity index (χ0) is 23.8. The molecule has 0 N–H and O–H groups in total. The van der Waals surface area contributed by atoms with E-state index in [2.05, 4.69) is 0 Å². The van der Waals surface area contributed by atoms with Gasteiger partial charge < -0.3 is 14.0 Å². The summed E-state index contributed by atoms with van der Waals surface area (Å²) in [6.45, 7) is 7.19. The minimum absolute atomic E-state index is 0.000176. The van der Waals surface area contributed by atoms with Crippen molar-refractivity contribution in [2.45, 2.75) is 44.8 Å². The maximum atomic E-state index is 13.2. The number of sulfonamides is 1. The van der Waals surface area contributed by atoms with E-state index >= 15 is 0 Å². The largest absolute Gasteiger partial charge is 0.454 e. The van der Waals surface area contributed by atoms with E-state index < -0.39 is 22.6 Å². The molecule has 10 heteroatoms. The summed E-state index contributed by atoms with van der Waals surface area (Å²) >= 11 is 6.17. The van der Waals surface area contributed by atoms with E-state index in [-0.39, 0.29) is 46.6 Å². The number of carbonyl (C=O) groups excluding carboxylic acids is 2. The predicted octanol–water partition coefficient (Wildman–Crippen LogP) is 3.13. The van der Waals surface area contributed by atoms with Crippen LogP contribution in [0.25, 0.3) is 0 Å². The number of hydrogen-bond acceptors (Lipinski definition) is 6. The number of ketones is 1. The molecule has 32 heavy (non-hydrogen) atoms. The lowest BCUT2D eigenvalue weighted by Crippen LogP contribution is -2.48. The van der Waals surface area contributed by atoms with Crippen LogP contribution < -0.4 is 0 Å². The van der Waals surface area contributed by atoms with Crippen molar-refractivity contribution in [2.24, 2.45) is 7.05 Å². The van der Waals surface area contributed by atoms with Gasteiger partial charge in [-0.3, -0.25) is 4.79 Å². The average Bonchev–Trinajstić information content (AvgIpc) is 2.98. The average molecular weight is 483 g/mol. The van der Waals surface area contributed by atoms with Crippen LogP contribution in [0, 0.1) is 13.8 Å². The van der Waals surface area contributed by atoms with E-state index in [1.54, 1.807) is 19.9 Å². The monoisotopic (exact) mass is 482 g/mol. The lowest BCUT2D eigenvalue weighted by Gasteiger charge is -2.34. The van der Waals surface area contributed by atoms with E-state index in [9.17, 15) is 18.0 Å². The number of Topliss-reactive ketones (excluding diaryl/α,β-unsaturated/α-hetero) is 1. The highest BCUT2D eigenvalue weighted by molar-refractivity contribution is 7.89. The summed E-state index contributed by atoms with van der Waals surface area (Å²) in [5.74, 6) is -1.14. The fourth-order valence-electron chi connectivity index (χ4n) is 3.72. The second-order valence-corrected chi connectivity index (χ2v) is 10.4. The standard InChI is InChI=1S/C22H27ClN2O6S/c1-13-8-18(16(4)24(13)5)20(26)12-30-22(27)17-6-7-19(23)21(9-17)32(28,29)25-10-14(2)31-15(3)11-25/h6-9,14-15H,10-12H2,1-5H3. The molecule has 0 aliphatic carbocycles. The molecule has 1 aromatic carbocycles. The van der Waals surface area contributed by atoms with Gasteiger partial charge in [-0.1, -0.05) is 11.6 Å². The van der Waals surface area contributed by atoms with Gasteiger partial charge >= 0.3 is 5.97 Å². The highest BCUT2D eigenvalue weighted by Crippen LogP contribution is 2.28. The first-order chi connectivity index (χ1) is 14.9. The number of hydrogen-bond donors (Lipinski definition) is 0. The van der Waals surface area contributed by atoms with Gasteiger partial charge in [0.1, 0.15) is 4.90 Å². The summed E-state index contributed by atoms with van der Waals surface area (Å²) in [6, 6.07) is 5.64. The van der Waals surface area contributed by atoms with Crippen molar-refractivity contribution in [3.63, 3.8) is 0 Å². The van der Waals surface area contributed by atoms with Crippen LogP contribution in [0.1, 0.15) is 46.0 Å². The summed E-state index contributed by atoms with van der Waals surface area (Å²) in [4.78, 5) is 24.9. The van der Waals surface area contributed by atoms with Crippen molar-refractivity contribution < 1.29 is 27.5 Å². The molecule has 0 radical (unpaired) electrons. The first kappa shape index (κ1) is 24.4. The maximum Gasteiger partial charge on any atom is 0.338 e. The number of halogens is 1. The van der Waals surface area contributed by atoms with Crippen molar-refractivity contribution in [3.8, 4) is 0 Å². The molecule has 2 aromatic rings. The molecule has 2 heterocycles. The summed E-state index contributed by atoms with van der Waals surface area (Å²) in [5, 5.41) is -0.000176. The molecule has 0 saturated carbocycles. The van der Waals surface area contributed by atoms with E-state index in [1.807, 2.05) is 25.5 Å². The predicted molar refractivity (Wildman–Crippen MR) is 120 cm³/mol. The van der Waals surface area contributed by atoms with Gasteiger partial charge in [0, 0.05) is 37.1 Å². The van der Waals surface area contributed by atoms with Gasteiger partial charge in [0.25, 0.3) is 0 Å². The van der Waals surface area contributed by atoms with Gasteiger partial charge in [-0.05, 0) is 52.0 Å². The fourth-order valence-corrected chi connectivity index (χ4v) is 5.81. The Labute approximate surface area is 193 Å². The third kappa shape index (κ3) is 4.91. The van der Waals surface area contributed by atoms with Crippen molar-refractivity contribution in [2.75, 3.05) is 19.7 Å². The lowest BCUT2D eigenvalue weighted by molar-refractivity contribution is -0.0440. The number of esters is 1. The van der Waals surface area contributed by atoms with Crippen LogP contribution in [0.15, 0.2) is 29.2 Å². The van der Waals surface area contributed by atoms with E-state index in [0.717, 1.165) is 11.4 Å². The number of nitrogens with zero attached hydrogens (tertiary/aromatic N) is 2. The SMILES string of the molecule is Cc1cc(C(=O)COC(=O)c2ccc(Cl)c(S(=O)(=O)N3CC(C)OC(C)C3)c2)c(C)n1C. The molecular weight excluding hydrogens is 456 g/mol. The van der Waals surface area contributed by atoms with Gasteiger partial charge in [0.2, 0.25) is 15.8 Å². The van der Waals surface area contributed by atoms with E-state index in [1.165, 1.54) is 22.5 Å². The van der Waals surface area contributed by atoms with Gasteiger partial charge in [0.05, 0.1) is 22.8 Å². The number of ether oxygens (including phenoxy) is 2. The van der Waals surface area contributed by atoms with Gasteiger partial charge in [0.15, 0.2) is 6.61 Å². The Morgan fingerprint density at radius 1 is 1.16 bits per heavy atom. The summed E-state index contributed by atoms with van der Waals surface area (Å²) < 4.78 is 40.3. The van der Waals surface area contributed by atoms with Crippen molar-refractivity contribution in [1.29, 1.82) is 0 Å². The molecule has 1 aromatic heterocycles. The Kier molecular flexibility index (Phi) is 7.14. The number of rotatable bonds is 6. The summed E-state index contributed by atoms with van der Waals surface area (Å²) in [6.07, 6.45) is -0.534. The Hall–Kier alpha value is -2.20. The first-order valence-electron chi connectivity index (χ1n) is 10.2. The number of morpholine rings is 1. The first-order valence-corrected chi connectivity index (χ1v) is 12.0. The Morgan fingerprint density at radius 2 is 1.78 bits per heavy atom. The molecule has 2 unspecified atom stereocenters. The van der Waals surface area contributed by atoms with Crippen molar-refractivity contribution >= 4 is 33.4 Å². The number of aryl methyl sites for hydroxylation is 1. The van der Waals surface area contributed by atoms with Crippen LogP contribution in [0.5, 0.6) is 0 Å². The van der Waals surface area contributed by atoms with Crippen LogP contribution in [-0.2, 0) is 26.5 Å². The molecule has 2 atom stereocenters. The molecule has 0 bridgehead atoms. The Morgan fingerprint density at radius 3 is 2.34 bits per heavy atom. The molecule has 1 saturated heterocycles. The van der Waals surface area contributed by atoms with Crippen LogP contribution in [0.2, 0.25) is 5.02 Å². The molecule has 1 aliphatic heterocycles. The number of aromatic nitrogens is 1. The highest BCUT2D eigenvalue weighted by Gasteiger charge is 2.34. The number of carbonyl (C=O) groups is 2. The molecule has 1 fully saturated rings. The third-order valence-electron chi connectivity index (χ3n) is 5.58. The van der Waals surface area contributed by atoms with Crippen LogP contribution >= 0.6 is 11.6 Å². The Bertz CT molecular complexity index is 1150. The normalized spacial score (nSPS) is 19.7. The summed E-state index contributed by atoms with van der Waals surface area (Å²) in [5.41, 5.74) is 2.16. The zero-order valence-corrected chi connectivity index (χ0v) is 20.3. The fraction of sp³-hybridized carbons (Fsp3) is 0.455. The summed E-state index contributed by atoms with van der Waals surface area (Å²) in [7, 11) is -2.11. The van der Waals surface area contributed by atoms with Crippen molar-refractivity contribution in [1.82, 2.24) is 8.87 Å². The quantitative estimate of drug-likeness (QED) is 0.463. The molecule has 174 valence electrons. The van der Waals surface area contributed by atoms with Crippen LogP contribution in [-0.4, -0.2) is 60.9 Å². The molecule has 3 rings (SSSR count). The van der Waals surface area contributed by atoms with E-state index in [4.69, 9.17) is 21.1 Å². The Balaban J connectivity index is 1.78. The molecule has 8 nitrogen and oxygen atoms in total. The van der Waals surface area contributed by atoms with Crippen LogP contribution in [0.3, 0.4) is 0 Å². The minimum atomic E-state index is -3.95. The molecular formula is C22H27ClN2O6S. The van der Waals surface area contributed by atoms with Crippen molar-refractivity contribution in [3.05, 3.63) is 51.8 Å². The maximum absolute atomic E-state index is 13.2. The highest BCUT2D eigenvalue weighted by atomic mass is 35.5. The van der Waals surface area contributed by atoms with Gasteiger partial charge in [-0.15, -0.1) is 0 Å². The van der Waals surface area contributed by atoms with E-state index in [0.29, 0.717) is 5.56 Å². The second kappa shape index (κ2) is 9.35. The smallest absolute Gasteiger partial charge is 0.338 e. The number of benzene rings is 1. The zero-order valence-electron chi connectivity index (χ0n) is 18.7. The molecule has 0 amide bonds. The third-order valence-corrected chi connectivity index (χ3v) is 7.89. The molecule has 1 aliphatic rings. The molecule has 0 spiro atoms. The van der Waals surface area contributed by atoms with Gasteiger partial charge in [-0.25, -0.2) is 13.2 Å². The second-order valence-electron chi connectivity index (χ2n) is 8.07.